The predicted octanol–water partition coefficient (Wildman–Crippen LogP) is 4.38. The maximum Gasteiger partial charge on any atom is 0.0129 e. The van der Waals surface area contributed by atoms with Crippen LogP contribution in [0.1, 0.15) is 50.7 Å². The van der Waals surface area contributed by atoms with E-state index in [-0.39, 0.29) is 0 Å². The van der Waals surface area contributed by atoms with Gasteiger partial charge in [0.15, 0.2) is 0 Å². The van der Waals surface area contributed by atoms with Crippen LogP contribution in [0.15, 0.2) is 24.3 Å². The highest BCUT2D eigenvalue weighted by Crippen LogP contribution is 2.08. The van der Waals surface area contributed by atoms with Gasteiger partial charge >= 0.3 is 0 Å². The van der Waals surface area contributed by atoms with Gasteiger partial charge in [-0.15, -0.1) is 11.8 Å². The average Bonchev–Trinajstić information content (AvgIpc) is 2.31. The van der Waals surface area contributed by atoms with E-state index in [4.69, 9.17) is 0 Å². The Morgan fingerprint density at radius 1 is 0.750 bits per heavy atom. The van der Waals surface area contributed by atoms with Crippen molar-refractivity contribution < 1.29 is 0 Å². The van der Waals surface area contributed by atoms with Crippen LogP contribution in [-0.4, -0.2) is 0 Å². The Labute approximate surface area is 100 Å². The van der Waals surface area contributed by atoms with Gasteiger partial charge in [0.25, 0.3) is 0 Å². The van der Waals surface area contributed by atoms with E-state index in [1.54, 1.807) is 0 Å². The fraction of sp³-hybridized carbons (Fsp3) is 0.500. The SMILES string of the molecule is CCCC#CCCc1ccc(CCC)cc1. The molecule has 16 heavy (non-hydrogen) atoms. The van der Waals surface area contributed by atoms with Crippen LogP contribution in [0, 0.1) is 11.8 Å². The van der Waals surface area contributed by atoms with Crippen molar-refractivity contribution in [3.8, 4) is 11.8 Å². The van der Waals surface area contributed by atoms with Crippen LogP contribution in [0.25, 0.3) is 0 Å². The monoisotopic (exact) mass is 214 g/mol. The van der Waals surface area contributed by atoms with Crippen LogP contribution in [0.5, 0.6) is 0 Å². The molecule has 0 bridgehead atoms. The second-order valence-electron chi connectivity index (χ2n) is 4.17. The number of rotatable bonds is 5. The Kier molecular flexibility index (Phi) is 6.42. The number of unbranched alkanes of at least 4 members (excludes halogenated alkanes) is 1. The minimum absolute atomic E-state index is 0.993. The zero-order valence-electron chi connectivity index (χ0n) is 10.6. The summed E-state index contributed by atoms with van der Waals surface area (Å²) in [7, 11) is 0. The minimum atomic E-state index is 0.993. The van der Waals surface area contributed by atoms with Crippen molar-refractivity contribution in [1.29, 1.82) is 0 Å². The van der Waals surface area contributed by atoms with E-state index in [0.29, 0.717) is 0 Å². The molecule has 1 aromatic carbocycles. The summed E-state index contributed by atoms with van der Waals surface area (Å²) >= 11 is 0. The molecule has 0 unspecified atom stereocenters. The summed E-state index contributed by atoms with van der Waals surface area (Å²) < 4.78 is 0. The third kappa shape index (κ3) is 5.03. The molecule has 0 aliphatic heterocycles. The molecule has 0 aliphatic rings. The van der Waals surface area contributed by atoms with E-state index in [2.05, 4.69) is 50.0 Å². The van der Waals surface area contributed by atoms with Crippen molar-refractivity contribution >= 4 is 0 Å². The van der Waals surface area contributed by atoms with Crippen molar-refractivity contribution in [3.05, 3.63) is 35.4 Å². The van der Waals surface area contributed by atoms with Gasteiger partial charge < -0.3 is 0 Å². The van der Waals surface area contributed by atoms with Crippen LogP contribution in [0.2, 0.25) is 0 Å². The number of hydrogen-bond donors (Lipinski definition) is 0. The molecular formula is C16H22. The van der Waals surface area contributed by atoms with Crippen molar-refractivity contribution in [3.63, 3.8) is 0 Å². The number of hydrogen-bond acceptors (Lipinski definition) is 0. The van der Waals surface area contributed by atoms with Gasteiger partial charge in [0, 0.05) is 12.8 Å². The molecule has 0 heteroatoms. The van der Waals surface area contributed by atoms with Gasteiger partial charge in [0.05, 0.1) is 0 Å². The molecule has 0 saturated carbocycles. The third-order valence-electron chi connectivity index (χ3n) is 2.60. The lowest BCUT2D eigenvalue weighted by molar-refractivity contribution is 0.918. The molecule has 0 amide bonds. The molecule has 0 radical (unpaired) electrons. The molecule has 0 atom stereocenters. The first-order chi connectivity index (χ1) is 7.86. The largest absolute Gasteiger partial charge is 0.103 e. The van der Waals surface area contributed by atoms with Gasteiger partial charge in [-0.1, -0.05) is 44.5 Å². The zero-order chi connectivity index (χ0) is 11.6. The topological polar surface area (TPSA) is 0 Å². The zero-order valence-corrected chi connectivity index (χ0v) is 10.6. The molecular weight excluding hydrogens is 192 g/mol. The third-order valence-corrected chi connectivity index (χ3v) is 2.60. The molecule has 86 valence electrons. The normalized spacial score (nSPS) is 9.62. The molecule has 1 aromatic rings. The summed E-state index contributed by atoms with van der Waals surface area (Å²) in [4.78, 5) is 0. The van der Waals surface area contributed by atoms with Crippen molar-refractivity contribution in [2.45, 2.75) is 52.4 Å². The summed E-state index contributed by atoms with van der Waals surface area (Å²) in [6, 6.07) is 8.98. The van der Waals surface area contributed by atoms with Crippen LogP contribution < -0.4 is 0 Å². The molecule has 0 nitrogen and oxygen atoms in total. The highest BCUT2D eigenvalue weighted by molar-refractivity contribution is 5.23. The van der Waals surface area contributed by atoms with Crippen molar-refractivity contribution in [2.75, 3.05) is 0 Å². The fourth-order valence-corrected chi connectivity index (χ4v) is 1.67. The van der Waals surface area contributed by atoms with E-state index in [9.17, 15) is 0 Å². The Balaban J connectivity index is 2.35. The van der Waals surface area contributed by atoms with Gasteiger partial charge in [-0.3, -0.25) is 0 Å². The second kappa shape index (κ2) is 7.99. The maximum absolute atomic E-state index is 3.22. The highest BCUT2D eigenvalue weighted by atomic mass is 14.0. The Hall–Kier alpha value is -1.22. The van der Waals surface area contributed by atoms with Gasteiger partial charge in [-0.2, -0.15) is 0 Å². The van der Waals surface area contributed by atoms with Crippen molar-refractivity contribution in [2.24, 2.45) is 0 Å². The van der Waals surface area contributed by atoms with E-state index >= 15 is 0 Å². The first-order valence-electron chi connectivity index (χ1n) is 6.40. The molecule has 0 heterocycles. The van der Waals surface area contributed by atoms with E-state index in [1.807, 2.05) is 0 Å². The quantitative estimate of drug-likeness (QED) is 0.638. The molecule has 0 aliphatic carbocycles. The first kappa shape index (κ1) is 12.8. The number of aryl methyl sites for hydroxylation is 2. The van der Waals surface area contributed by atoms with Gasteiger partial charge in [0.1, 0.15) is 0 Å². The van der Waals surface area contributed by atoms with Crippen LogP contribution in [0.3, 0.4) is 0 Å². The Morgan fingerprint density at radius 2 is 1.31 bits per heavy atom. The summed E-state index contributed by atoms with van der Waals surface area (Å²) in [5, 5.41) is 0. The standard InChI is InChI=1S/C16H22/c1-3-5-6-7-8-10-16-13-11-15(9-4-2)12-14-16/h11-14H,3-5,8-10H2,1-2H3. The lowest BCUT2D eigenvalue weighted by Gasteiger charge is -2.01. The van der Waals surface area contributed by atoms with E-state index in [1.165, 1.54) is 30.4 Å². The second-order valence-corrected chi connectivity index (χ2v) is 4.17. The van der Waals surface area contributed by atoms with Crippen LogP contribution in [0.4, 0.5) is 0 Å². The first-order valence-corrected chi connectivity index (χ1v) is 6.40. The van der Waals surface area contributed by atoms with Gasteiger partial charge in [0.2, 0.25) is 0 Å². The van der Waals surface area contributed by atoms with Gasteiger partial charge in [-0.25, -0.2) is 0 Å². The molecule has 0 aromatic heterocycles. The molecule has 0 fully saturated rings. The molecule has 0 saturated heterocycles. The van der Waals surface area contributed by atoms with E-state index < -0.39 is 0 Å². The molecule has 0 spiro atoms. The maximum atomic E-state index is 3.22. The van der Waals surface area contributed by atoms with E-state index in [0.717, 1.165) is 19.3 Å². The minimum Gasteiger partial charge on any atom is -0.103 e. The number of benzene rings is 1. The Bertz CT molecular complexity index is 335. The Morgan fingerprint density at radius 3 is 1.88 bits per heavy atom. The molecule has 1 rings (SSSR count). The predicted molar refractivity (Wildman–Crippen MR) is 71.4 cm³/mol. The average molecular weight is 214 g/mol. The summed E-state index contributed by atoms with van der Waals surface area (Å²) in [6.07, 6.45) is 6.70. The lowest BCUT2D eigenvalue weighted by atomic mass is 10.0. The highest BCUT2D eigenvalue weighted by Gasteiger charge is 1.93. The fourth-order valence-electron chi connectivity index (χ4n) is 1.67. The smallest absolute Gasteiger partial charge is 0.0129 e. The molecule has 0 N–H and O–H groups in total. The van der Waals surface area contributed by atoms with Gasteiger partial charge in [-0.05, 0) is 30.4 Å². The van der Waals surface area contributed by atoms with Crippen LogP contribution in [-0.2, 0) is 12.8 Å². The summed E-state index contributed by atoms with van der Waals surface area (Å²) in [5.41, 5.74) is 2.86. The van der Waals surface area contributed by atoms with Crippen LogP contribution >= 0.6 is 0 Å². The summed E-state index contributed by atoms with van der Waals surface area (Å²) in [5.74, 6) is 6.41. The lowest BCUT2D eigenvalue weighted by Crippen LogP contribution is -1.86. The summed E-state index contributed by atoms with van der Waals surface area (Å²) in [6.45, 7) is 4.39. The van der Waals surface area contributed by atoms with Crippen molar-refractivity contribution in [1.82, 2.24) is 0 Å².